The third kappa shape index (κ3) is 1.43. The molecular formula is C9H10. The first-order valence-corrected chi connectivity index (χ1v) is 3.06. The summed E-state index contributed by atoms with van der Waals surface area (Å²) in [6.07, 6.45) is 1.75. The van der Waals surface area contributed by atoms with Gasteiger partial charge < -0.3 is 0 Å². The van der Waals surface area contributed by atoms with Crippen molar-refractivity contribution in [1.82, 2.24) is 0 Å². The summed E-state index contributed by atoms with van der Waals surface area (Å²) in [5, 5.41) is 0. The van der Waals surface area contributed by atoms with E-state index in [2.05, 4.69) is 30.8 Å². The molecule has 0 atom stereocenters. The lowest BCUT2D eigenvalue weighted by molar-refractivity contribution is 1.80. The Labute approximate surface area is 55.8 Å². The summed E-state index contributed by atoms with van der Waals surface area (Å²) in [7, 11) is 0. The molecule has 0 fully saturated rings. The zero-order chi connectivity index (χ0) is 6.69. The first-order valence-electron chi connectivity index (χ1n) is 3.06. The number of rotatable bonds is 0. The molecule has 0 aromatic heterocycles. The molecule has 0 heterocycles. The SMILES string of the molecule is C=CC.c1cc2cc-2c1. The van der Waals surface area contributed by atoms with E-state index in [-0.39, 0.29) is 0 Å². The first kappa shape index (κ1) is 6.09. The molecule has 2 aliphatic rings. The third-order valence-corrected chi connectivity index (χ3v) is 1.11. The van der Waals surface area contributed by atoms with Crippen LogP contribution in [0.4, 0.5) is 0 Å². The Morgan fingerprint density at radius 2 is 1.78 bits per heavy atom. The van der Waals surface area contributed by atoms with Crippen molar-refractivity contribution in [2.45, 2.75) is 6.92 Å². The number of hydrogen-bond donors (Lipinski definition) is 0. The van der Waals surface area contributed by atoms with Crippen LogP contribution in [-0.2, 0) is 0 Å². The minimum Gasteiger partial charge on any atom is -0.103 e. The Kier molecular flexibility index (Phi) is 1.69. The van der Waals surface area contributed by atoms with Gasteiger partial charge in [0.15, 0.2) is 0 Å². The largest absolute Gasteiger partial charge is 0.103 e. The van der Waals surface area contributed by atoms with Crippen molar-refractivity contribution in [2.75, 3.05) is 0 Å². The molecule has 0 spiro atoms. The van der Waals surface area contributed by atoms with Gasteiger partial charge in [0.25, 0.3) is 0 Å². The molecule has 0 amide bonds. The van der Waals surface area contributed by atoms with E-state index in [1.807, 2.05) is 6.92 Å². The van der Waals surface area contributed by atoms with E-state index in [4.69, 9.17) is 0 Å². The van der Waals surface area contributed by atoms with Gasteiger partial charge in [-0.15, -0.1) is 6.58 Å². The fourth-order valence-electron chi connectivity index (χ4n) is 0.676. The molecule has 9 heavy (non-hydrogen) atoms. The summed E-state index contributed by atoms with van der Waals surface area (Å²) in [6.45, 7) is 5.25. The van der Waals surface area contributed by atoms with Gasteiger partial charge >= 0.3 is 0 Å². The maximum atomic E-state index is 3.36. The average molecular weight is 118 g/mol. The normalized spacial score (nSPS) is 9.00. The van der Waals surface area contributed by atoms with Crippen molar-refractivity contribution in [3.8, 4) is 11.1 Å². The number of hydrogen-bond acceptors (Lipinski definition) is 0. The van der Waals surface area contributed by atoms with Crippen LogP contribution >= 0.6 is 0 Å². The Morgan fingerprint density at radius 1 is 1.33 bits per heavy atom. The van der Waals surface area contributed by atoms with Crippen LogP contribution in [0.3, 0.4) is 0 Å². The summed E-state index contributed by atoms with van der Waals surface area (Å²) < 4.78 is 0. The van der Waals surface area contributed by atoms with Crippen LogP contribution in [-0.4, -0.2) is 0 Å². The van der Waals surface area contributed by atoms with E-state index >= 15 is 0 Å². The van der Waals surface area contributed by atoms with Crippen molar-refractivity contribution < 1.29 is 0 Å². The lowest BCUT2D eigenvalue weighted by atomic mass is 10.6. The molecule has 0 aliphatic heterocycles. The molecule has 0 radical (unpaired) electrons. The topological polar surface area (TPSA) is 0 Å². The molecule has 0 bridgehead atoms. The van der Waals surface area contributed by atoms with Gasteiger partial charge in [0.05, 0.1) is 0 Å². The molecule has 0 nitrogen and oxygen atoms in total. The van der Waals surface area contributed by atoms with Crippen molar-refractivity contribution in [3.63, 3.8) is 0 Å². The molecule has 0 saturated heterocycles. The fourth-order valence-corrected chi connectivity index (χ4v) is 0.676. The predicted molar refractivity (Wildman–Crippen MR) is 41.3 cm³/mol. The summed E-state index contributed by atoms with van der Waals surface area (Å²) >= 11 is 0. The molecule has 0 unspecified atom stereocenters. The van der Waals surface area contributed by atoms with E-state index in [9.17, 15) is 0 Å². The van der Waals surface area contributed by atoms with Gasteiger partial charge in [-0.3, -0.25) is 0 Å². The Morgan fingerprint density at radius 3 is 1.89 bits per heavy atom. The van der Waals surface area contributed by atoms with E-state index in [0.29, 0.717) is 0 Å². The van der Waals surface area contributed by atoms with Gasteiger partial charge in [-0.1, -0.05) is 24.3 Å². The van der Waals surface area contributed by atoms with Crippen molar-refractivity contribution in [2.24, 2.45) is 0 Å². The van der Waals surface area contributed by atoms with Crippen LogP contribution in [0.2, 0.25) is 0 Å². The lowest BCUT2D eigenvalue weighted by Crippen LogP contribution is -1.23. The van der Waals surface area contributed by atoms with Crippen LogP contribution in [0.1, 0.15) is 6.92 Å². The maximum Gasteiger partial charge on any atom is -0.0178 e. The highest BCUT2D eigenvalue weighted by Gasteiger charge is 2.06. The summed E-state index contributed by atoms with van der Waals surface area (Å²) in [4.78, 5) is 0. The van der Waals surface area contributed by atoms with Gasteiger partial charge in [-0.05, 0) is 24.1 Å². The highest BCUT2D eigenvalue weighted by atomic mass is 14.1. The monoisotopic (exact) mass is 118 g/mol. The lowest BCUT2D eigenvalue weighted by Gasteiger charge is -1.48. The van der Waals surface area contributed by atoms with E-state index in [1.54, 1.807) is 6.08 Å². The summed E-state index contributed by atoms with van der Waals surface area (Å²) in [5.74, 6) is 0. The minimum absolute atomic E-state index is 1.43. The van der Waals surface area contributed by atoms with Crippen molar-refractivity contribution >= 4 is 0 Å². The van der Waals surface area contributed by atoms with Gasteiger partial charge in [0.1, 0.15) is 0 Å². The molecule has 0 heteroatoms. The van der Waals surface area contributed by atoms with Crippen molar-refractivity contribution in [3.05, 3.63) is 36.9 Å². The fraction of sp³-hybridized carbons (Fsp3) is 0.111. The molecule has 2 aliphatic carbocycles. The highest BCUT2D eigenvalue weighted by molar-refractivity contribution is 5.80. The Hall–Kier alpha value is -1.04. The predicted octanol–water partition coefficient (Wildman–Crippen LogP) is 2.86. The quantitative estimate of drug-likeness (QED) is 0.466. The van der Waals surface area contributed by atoms with Crippen molar-refractivity contribution in [1.29, 1.82) is 0 Å². The second kappa shape index (κ2) is 2.49. The smallest absolute Gasteiger partial charge is 0.0178 e. The Balaban J connectivity index is 0.000000120. The molecule has 0 aromatic rings. The zero-order valence-corrected chi connectivity index (χ0v) is 5.59. The molecule has 2 rings (SSSR count). The molecular weight excluding hydrogens is 108 g/mol. The maximum absolute atomic E-state index is 3.36. The third-order valence-electron chi connectivity index (χ3n) is 1.11. The van der Waals surface area contributed by atoms with Crippen LogP contribution in [0.25, 0.3) is 11.1 Å². The van der Waals surface area contributed by atoms with Crippen LogP contribution in [0.5, 0.6) is 0 Å². The molecule has 0 aromatic carbocycles. The van der Waals surface area contributed by atoms with Crippen LogP contribution in [0, 0.1) is 0 Å². The standard InChI is InChI=1S/C6H4.C3H6/c1-2-5-4-6(5)3-1;1-3-2/h1-4H;3H,1H2,2H3. The van der Waals surface area contributed by atoms with E-state index < -0.39 is 0 Å². The Bertz CT molecular complexity index is 194. The van der Waals surface area contributed by atoms with Gasteiger partial charge in [-0.2, -0.15) is 0 Å². The van der Waals surface area contributed by atoms with E-state index in [1.165, 1.54) is 11.1 Å². The number of benzene rings is 1. The summed E-state index contributed by atoms with van der Waals surface area (Å²) in [5.41, 5.74) is 2.85. The average Bonchev–Trinajstić information content (AvgIpc) is 2.43. The number of allylic oxidation sites excluding steroid dienone is 1. The van der Waals surface area contributed by atoms with Gasteiger partial charge in [0, 0.05) is 0 Å². The second-order valence-corrected chi connectivity index (χ2v) is 1.99. The molecule has 0 saturated carbocycles. The second-order valence-electron chi connectivity index (χ2n) is 1.99. The highest BCUT2D eigenvalue weighted by Crippen LogP contribution is 2.32. The minimum atomic E-state index is 1.43. The molecule has 0 N–H and O–H groups in total. The van der Waals surface area contributed by atoms with Crippen LogP contribution in [0.15, 0.2) is 36.9 Å². The van der Waals surface area contributed by atoms with Crippen LogP contribution < -0.4 is 0 Å². The first-order chi connectivity index (χ1) is 4.38. The summed E-state index contributed by atoms with van der Waals surface area (Å²) in [6, 6.07) is 8.48. The zero-order valence-electron chi connectivity index (χ0n) is 5.59. The molecule has 46 valence electrons. The van der Waals surface area contributed by atoms with Gasteiger partial charge in [0.2, 0.25) is 0 Å². The van der Waals surface area contributed by atoms with E-state index in [0.717, 1.165) is 0 Å². The van der Waals surface area contributed by atoms with Gasteiger partial charge in [-0.25, -0.2) is 0 Å². The number of fused-ring (bicyclic) bond motifs is 1.